The van der Waals surface area contributed by atoms with Crippen molar-refractivity contribution in [1.29, 1.82) is 0 Å². The average molecular weight is 584 g/mol. The molecule has 0 saturated heterocycles. The molecule has 1 amide bonds. The highest BCUT2D eigenvalue weighted by Gasteiger charge is 2.40. The first-order valence-corrected chi connectivity index (χ1v) is 21.4. The lowest BCUT2D eigenvalue weighted by atomic mass is 9.85. The van der Waals surface area contributed by atoms with E-state index in [1.807, 2.05) is 10.8 Å². The molecular weight excluding hydrogens is 535 g/mol. The summed E-state index contributed by atoms with van der Waals surface area (Å²) >= 11 is 0. The summed E-state index contributed by atoms with van der Waals surface area (Å²) in [5, 5.41) is 1.21. The van der Waals surface area contributed by atoms with E-state index in [4.69, 9.17) is 20.7 Å². The van der Waals surface area contributed by atoms with E-state index in [9.17, 15) is 4.79 Å². The highest BCUT2D eigenvalue weighted by atomic mass is 28.4. The standard InChI is InChI=1S/C30H49N5O3Si2/c1-30(2,3)40(8,9)38-19-23-10-12-24(13-11-23)35-21-34(20-31-4)29(36)26-18-32-28-25(27(26)35)14-15-33(28)22-37-16-17-39(5,6)7/h14-15,18,23-24H,10-13,16-17,19-22H2,1-3,5-9H3. The minimum Gasteiger partial charge on any atom is -0.417 e. The Kier molecular flexibility index (Phi) is 9.20. The van der Waals surface area contributed by atoms with Gasteiger partial charge in [0.15, 0.2) is 8.32 Å². The van der Waals surface area contributed by atoms with Crippen LogP contribution in [0.5, 0.6) is 0 Å². The first-order valence-electron chi connectivity index (χ1n) is 14.8. The molecule has 0 spiro atoms. The van der Waals surface area contributed by atoms with Crippen LogP contribution in [0.25, 0.3) is 15.9 Å². The zero-order chi connectivity index (χ0) is 29.3. The van der Waals surface area contributed by atoms with Crippen molar-refractivity contribution in [2.24, 2.45) is 5.92 Å². The largest absolute Gasteiger partial charge is 0.417 e. The Balaban J connectivity index is 1.53. The lowest BCUT2D eigenvalue weighted by molar-refractivity contribution is 0.0749. The summed E-state index contributed by atoms with van der Waals surface area (Å²) in [5.41, 5.74) is 2.42. The Morgan fingerprint density at radius 1 is 1.12 bits per heavy atom. The maximum Gasteiger partial charge on any atom is 0.293 e. The summed E-state index contributed by atoms with van der Waals surface area (Å²) in [7, 11) is -2.92. The molecule has 1 fully saturated rings. The molecule has 0 atom stereocenters. The van der Waals surface area contributed by atoms with Crippen LogP contribution in [0.2, 0.25) is 43.8 Å². The van der Waals surface area contributed by atoms with E-state index in [1.54, 1.807) is 11.1 Å². The molecule has 1 saturated carbocycles. The van der Waals surface area contributed by atoms with Gasteiger partial charge in [0.25, 0.3) is 12.6 Å². The zero-order valence-corrected chi connectivity index (χ0v) is 27.9. The molecule has 2 aromatic rings. The fourth-order valence-electron chi connectivity index (χ4n) is 5.38. The first kappa shape index (κ1) is 30.8. The van der Waals surface area contributed by atoms with Crippen LogP contribution in [-0.4, -0.2) is 69.3 Å². The molecule has 0 radical (unpaired) electrons. The molecule has 2 aliphatic rings. The molecule has 4 rings (SSSR count). The fourth-order valence-corrected chi connectivity index (χ4v) is 7.23. The van der Waals surface area contributed by atoms with E-state index in [0.717, 1.165) is 61.7 Å². The number of rotatable bonds is 10. The van der Waals surface area contributed by atoms with Gasteiger partial charge in [0, 0.05) is 45.1 Å². The molecule has 1 aliphatic carbocycles. The van der Waals surface area contributed by atoms with Crippen LogP contribution in [0.4, 0.5) is 5.69 Å². The van der Waals surface area contributed by atoms with Crippen LogP contribution in [-0.2, 0) is 15.9 Å². The zero-order valence-electron chi connectivity index (χ0n) is 25.9. The fraction of sp³-hybridized carbons (Fsp3) is 0.700. The second kappa shape index (κ2) is 12.0. The Bertz CT molecular complexity index is 1230. The number of anilines is 1. The van der Waals surface area contributed by atoms with E-state index in [2.05, 4.69) is 69.3 Å². The summed E-state index contributed by atoms with van der Waals surface area (Å²) in [6.07, 6.45) is 8.06. The van der Waals surface area contributed by atoms with Crippen LogP contribution in [0.1, 0.15) is 56.8 Å². The predicted octanol–water partition coefficient (Wildman–Crippen LogP) is 7.03. The van der Waals surface area contributed by atoms with E-state index in [0.29, 0.717) is 30.9 Å². The van der Waals surface area contributed by atoms with Gasteiger partial charge in [-0.05, 0) is 61.8 Å². The number of pyridine rings is 1. The molecule has 220 valence electrons. The normalized spacial score (nSPS) is 20.6. The molecule has 40 heavy (non-hydrogen) atoms. The number of aromatic nitrogens is 2. The number of hydrogen-bond acceptors (Lipinski definition) is 5. The van der Waals surface area contributed by atoms with Gasteiger partial charge in [0.1, 0.15) is 19.0 Å². The summed E-state index contributed by atoms with van der Waals surface area (Å²) in [4.78, 5) is 25.7. The first-order chi connectivity index (χ1) is 18.7. The van der Waals surface area contributed by atoms with E-state index < -0.39 is 16.4 Å². The Labute approximate surface area is 243 Å². The molecule has 0 aromatic carbocycles. The Hall–Kier alpha value is -2.20. The number of carbonyl (C=O) groups excluding carboxylic acids is 1. The minimum atomic E-state index is -1.76. The molecule has 8 nitrogen and oxygen atoms in total. The third-order valence-electron chi connectivity index (χ3n) is 9.10. The van der Waals surface area contributed by atoms with Crippen molar-refractivity contribution < 1.29 is 14.0 Å². The molecule has 3 heterocycles. The van der Waals surface area contributed by atoms with Gasteiger partial charge in [-0.2, -0.15) is 0 Å². The molecular formula is C30H49N5O3Si2. The van der Waals surface area contributed by atoms with Crippen LogP contribution in [0.15, 0.2) is 18.5 Å². The molecule has 1 aliphatic heterocycles. The van der Waals surface area contributed by atoms with Gasteiger partial charge in [-0.15, -0.1) is 0 Å². The van der Waals surface area contributed by atoms with Crippen LogP contribution in [0.3, 0.4) is 0 Å². The second-order valence-electron chi connectivity index (χ2n) is 14.4. The number of nitrogens with zero attached hydrogens (tertiary/aromatic N) is 5. The molecule has 0 N–H and O–H groups in total. The van der Waals surface area contributed by atoms with E-state index >= 15 is 0 Å². The van der Waals surface area contributed by atoms with Gasteiger partial charge in [-0.25, -0.2) is 11.6 Å². The lowest BCUT2D eigenvalue weighted by Crippen LogP contribution is -2.52. The number of fused-ring (bicyclic) bond motifs is 3. The van der Waals surface area contributed by atoms with Crippen molar-refractivity contribution >= 4 is 39.0 Å². The van der Waals surface area contributed by atoms with Crippen molar-refractivity contribution in [2.75, 3.05) is 31.5 Å². The highest BCUT2D eigenvalue weighted by Crippen LogP contribution is 2.41. The van der Waals surface area contributed by atoms with Crippen LogP contribution in [0, 0.1) is 12.5 Å². The third-order valence-corrected chi connectivity index (χ3v) is 15.3. The summed E-state index contributed by atoms with van der Waals surface area (Å²) < 4.78 is 14.6. The van der Waals surface area contributed by atoms with Crippen LogP contribution < -0.4 is 4.90 Å². The predicted molar refractivity (Wildman–Crippen MR) is 168 cm³/mol. The van der Waals surface area contributed by atoms with Gasteiger partial charge >= 0.3 is 0 Å². The second-order valence-corrected chi connectivity index (χ2v) is 24.8. The SMILES string of the molecule is [C-]#[N+]CN1CN(C2CCC(CO[Si](C)(C)C(C)(C)C)CC2)c2c(cnc3c2ccn3COCC[Si](C)(C)C)C1=O. The number of amides is 1. The topological polar surface area (TPSA) is 64.2 Å². The monoisotopic (exact) mass is 583 g/mol. The van der Waals surface area contributed by atoms with E-state index in [-0.39, 0.29) is 17.6 Å². The molecule has 0 unspecified atom stereocenters. The van der Waals surface area contributed by atoms with Gasteiger partial charge in [0.2, 0.25) is 0 Å². The molecule has 10 heteroatoms. The van der Waals surface area contributed by atoms with Gasteiger partial charge in [-0.1, -0.05) is 40.4 Å². The van der Waals surface area contributed by atoms with Gasteiger partial charge < -0.3 is 18.6 Å². The Morgan fingerprint density at radius 3 is 2.45 bits per heavy atom. The van der Waals surface area contributed by atoms with Crippen molar-refractivity contribution in [1.82, 2.24) is 14.5 Å². The number of carbonyl (C=O) groups is 1. The van der Waals surface area contributed by atoms with Gasteiger partial charge in [0.05, 0.1) is 11.3 Å². The number of ether oxygens (including phenoxy) is 1. The summed E-state index contributed by atoms with van der Waals surface area (Å²) in [6, 6.07) is 3.51. The molecule has 0 bridgehead atoms. The smallest absolute Gasteiger partial charge is 0.293 e. The lowest BCUT2D eigenvalue weighted by Gasteiger charge is -2.44. The van der Waals surface area contributed by atoms with Crippen molar-refractivity contribution in [3.8, 4) is 0 Å². The summed E-state index contributed by atoms with van der Waals surface area (Å²) in [5.74, 6) is 0.467. The maximum absolute atomic E-state index is 13.4. The van der Waals surface area contributed by atoms with E-state index in [1.165, 1.54) is 0 Å². The summed E-state index contributed by atoms with van der Waals surface area (Å²) in [6.45, 7) is 28.6. The number of hydrogen-bond donors (Lipinski definition) is 0. The van der Waals surface area contributed by atoms with Crippen molar-refractivity contribution in [3.63, 3.8) is 0 Å². The third kappa shape index (κ3) is 6.81. The Morgan fingerprint density at radius 2 is 1.82 bits per heavy atom. The molecule has 2 aromatic heterocycles. The average Bonchev–Trinajstić information content (AvgIpc) is 3.29. The quantitative estimate of drug-likeness (QED) is 0.171. The maximum atomic E-state index is 13.4. The van der Waals surface area contributed by atoms with Gasteiger partial charge in [-0.3, -0.25) is 14.5 Å². The highest BCUT2D eigenvalue weighted by molar-refractivity contribution is 6.76. The van der Waals surface area contributed by atoms with Crippen molar-refractivity contribution in [3.05, 3.63) is 35.4 Å². The van der Waals surface area contributed by atoms with Crippen molar-refractivity contribution in [2.45, 2.75) is 103 Å². The minimum absolute atomic E-state index is 0.0639. The van der Waals surface area contributed by atoms with Crippen LogP contribution >= 0.6 is 0 Å².